The zero-order valence-corrected chi connectivity index (χ0v) is 11.9. The van der Waals surface area contributed by atoms with Gasteiger partial charge in [-0.15, -0.1) is 17.9 Å². The van der Waals surface area contributed by atoms with Crippen LogP contribution >= 0.6 is 11.3 Å². The lowest BCUT2D eigenvalue weighted by Crippen LogP contribution is -2.38. The molecule has 0 spiro atoms. The molecule has 5 heteroatoms. The molecule has 0 N–H and O–H groups in total. The molecule has 0 aliphatic rings. The summed E-state index contributed by atoms with van der Waals surface area (Å²) in [5.41, 5.74) is 0. The Balaban J connectivity index is 3.00. The number of hydrogen-bond donors (Lipinski definition) is 0. The average Bonchev–Trinajstić information content (AvgIpc) is 2.83. The van der Waals surface area contributed by atoms with Gasteiger partial charge in [0.1, 0.15) is 4.21 Å². The summed E-state index contributed by atoms with van der Waals surface area (Å²) < 4.78 is 26.8. The molecule has 0 aromatic carbocycles. The minimum atomic E-state index is -3.34. The smallest absolute Gasteiger partial charge is 0.206 e. The largest absolute Gasteiger partial charge is 0.252 e. The van der Waals surface area contributed by atoms with Gasteiger partial charge in [0.05, 0.1) is 0 Å². The molecule has 1 aromatic heterocycles. The van der Waals surface area contributed by atoms with Gasteiger partial charge in [-0.3, -0.25) is 0 Å². The predicted molar refractivity (Wildman–Crippen MR) is 72.8 cm³/mol. The molecule has 0 aliphatic heterocycles. The van der Waals surface area contributed by atoms with Crippen molar-refractivity contribution in [3.05, 3.63) is 30.2 Å². The lowest BCUT2D eigenvalue weighted by atomic mass is 10.2. The lowest BCUT2D eigenvalue weighted by molar-refractivity contribution is 0.334. The highest BCUT2D eigenvalue weighted by molar-refractivity contribution is 7.91. The van der Waals surface area contributed by atoms with Gasteiger partial charge in [-0.05, 0) is 31.2 Å². The summed E-state index contributed by atoms with van der Waals surface area (Å²) in [6.45, 7) is 8.08. The van der Waals surface area contributed by atoms with E-state index in [1.165, 1.54) is 11.3 Å². The summed E-state index contributed by atoms with van der Waals surface area (Å²) in [7, 11) is -3.34. The van der Waals surface area contributed by atoms with Gasteiger partial charge in [-0.2, -0.15) is 4.31 Å². The summed E-state index contributed by atoms with van der Waals surface area (Å²) in [6.07, 6.45) is 3.23. The monoisotopic (exact) mass is 273 g/mol. The van der Waals surface area contributed by atoms with Crippen LogP contribution in [0.4, 0.5) is 0 Å². The molecule has 0 amide bonds. The van der Waals surface area contributed by atoms with Crippen molar-refractivity contribution in [2.75, 3.05) is 6.54 Å². The van der Waals surface area contributed by atoms with Crippen LogP contribution < -0.4 is 0 Å². The second kappa shape index (κ2) is 6.33. The van der Waals surface area contributed by atoms with E-state index in [9.17, 15) is 8.42 Å². The van der Waals surface area contributed by atoms with Crippen LogP contribution in [0.1, 0.15) is 26.7 Å². The zero-order valence-electron chi connectivity index (χ0n) is 10.3. The van der Waals surface area contributed by atoms with Gasteiger partial charge >= 0.3 is 0 Å². The number of rotatable bonds is 7. The fourth-order valence-electron chi connectivity index (χ4n) is 1.53. The van der Waals surface area contributed by atoms with Crippen molar-refractivity contribution in [1.82, 2.24) is 4.31 Å². The van der Waals surface area contributed by atoms with Gasteiger partial charge in [0, 0.05) is 12.6 Å². The maximum Gasteiger partial charge on any atom is 0.252 e. The van der Waals surface area contributed by atoms with E-state index in [4.69, 9.17) is 0 Å². The van der Waals surface area contributed by atoms with Gasteiger partial charge in [-0.1, -0.05) is 19.1 Å². The Kier molecular flexibility index (Phi) is 5.36. The number of thiophene rings is 1. The summed E-state index contributed by atoms with van der Waals surface area (Å²) in [6, 6.07) is 3.44. The molecule has 17 heavy (non-hydrogen) atoms. The molecule has 1 unspecified atom stereocenters. The molecule has 1 rings (SSSR count). The van der Waals surface area contributed by atoms with E-state index < -0.39 is 10.0 Å². The second-order valence-corrected chi connectivity index (χ2v) is 6.95. The second-order valence-electron chi connectivity index (χ2n) is 3.88. The first-order valence-corrected chi connectivity index (χ1v) is 8.02. The molecule has 0 saturated heterocycles. The molecule has 1 aromatic rings. The van der Waals surface area contributed by atoms with Crippen LogP contribution in [0.2, 0.25) is 0 Å². The Morgan fingerprint density at radius 1 is 1.59 bits per heavy atom. The summed E-state index contributed by atoms with van der Waals surface area (Å²) >= 11 is 1.26. The van der Waals surface area contributed by atoms with Gasteiger partial charge in [-0.25, -0.2) is 8.42 Å². The molecule has 0 aliphatic carbocycles. The molecule has 0 bridgehead atoms. The molecule has 1 heterocycles. The molecule has 0 radical (unpaired) electrons. The number of nitrogens with zero attached hydrogens (tertiary/aromatic N) is 1. The van der Waals surface area contributed by atoms with Crippen LogP contribution in [0.5, 0.6) is 0 Å². The summed E-state index contributed by atoms with van der Waals surface area (Å²) in [5.74, 6) is 0. The first-order valence-electron chi connectivity index (χ1n) is 5.70. The molecular formula is C12H19NO2S2. The minimum Gasteiger partial charge on any atom is -0.206 e. The molecule has 3 nitrogen and oxygen atoms in total. The van der Waals surface area contributed by atoms with Crippen molar-refractivity contribution in [2.24, 2.45) is 0 Å². The fraction of sp³-hybridized carbons (Fsp3) is 0.500. The normalized spacial score (nSPS) is 13.8. The maximum atomic E-state index is 12.4. The van der Waals surface area contributed by atoms with Crippen molar-refractivity contribution in [1.29, 1.82) is 0 Å². The Hall–Kier alpha value is -0.650. The third-order valence-electron chi connectivity index (χ3n) is 2.69. The van der Waals surface area contributed by atoms with Gasteiger partial charge in [0.25, 0.3) is 10.0 Å². The van der Waals surface area contributed by atoms with Gasteiger partial charge in [0.15, 0.2) is 0 Å². The molecule has 0 fully saturated rings. The number of hydrogen-bond acceptors (Lipinski definition) is 3. The van der Waals surface area contributed by atoms with E-state index in [0.29, 0.717) is 17.2 Å². The van der Waals surface area contributed by atoms with E-state index >= 15 is 0 Å². The van der Waals surface area contributed by atoms with E-state index in [-0.39, 0.29) is 6.04 Å². The van der Waals surface area contributed by atoms with E-state index in [1.807, 2.05) is 13.8 Å². The van der Waals surface area contributed by atoms with Gasteiger partial charge < -0.3 is 0 Å². The molecule has 96 valence electrons. The van der Waals surface area contributed by atoms with Crippen LogP contribution in [0.3, 0.4) is 0 Å². The zero-order chi connectivity index (χ0) is 12.9. The molecular weight excluding hydrogens is 254 g/mol. The molecule has 0 saturated carbocycles. The Morgan fingerprint density at radius 2 is 2.29 bits per heavy atom. The highest BCUT2D eigenvalue weighted by Crippen LogP contribution is 2.23. The summed E-state index contributed by atoms with van der Waals surface area (Å²) in [5, 5.41) is 1.79. The third-order valence-corrected chi connectivity index (χ3v) is 6.08. The Bertz CT molecular complexity index is 437. The topological polar surface area (TPSA) is 37.4 Å². The first-order chi connectivity index (χ1) is 8.04. The highest BCUT2D eigenvalue weighted by atomic mass is 32.2. The average molecular weight is 273 g/mol. The molecule has 1 atom stereocenters. The van der Waals surface area contributed by atoms with Crippen LogP contribution in [-0.2, 0) is 10.0 Å². The van der Waals surface area contributed by atoms with Crippen molar-refractivity contribution in [2.45, 2.75) is 36.9 Å². The third kappa shape index (κ3) is 3.40. The van der Waals surface area contributed by atoms with E-state index in [1.54, 1.807) is 27.9 Å². The maximum absolute atomic E-state index is 12.4. The Labute approximate surface area is 108 Å². The standard InChI is InChI=1S/C12H19NO2S2/c1-4-6-9-13(11(3)5-2)17(14,15)12-8-7-10-16-12/h4,7-8,10-11H,1,5-6,9H2,2-3H3. The van der Waals surface area contributed by atoms with Crippen LogP contribution in [0, 0.1) is 0 Å². The van der Waals surface area contributed by atoms with Crippen LogP contribution in [0.25, 0.3) is 0 Å². The SMILES string of the molecule is C=CCCN(C(C)CC)S(=O)(=O)c1cccs1. The van der Waals surface area contributed by atoms with E-state index in [0.717, 1.165) is 6.42 Å². The van der Waals surface area contributed by atoms with Crippen molar-refractivity contribution < 1.29 is 8.42 Å². The lowest BCUT2D eigenvalue weighted by Gasteiger charge is -2.26. The Morgan fingerprint density at radius 3 is 2.76 bits per heavy atom. The fourth-order valence-corrected chi connectivity index (χ4v) is 4.36. The summed E-state index contributed by atoms with van der Waals surface area (Å²) in [4.78, 5) is 0. The first kappa shape index (κ1) is 14.4. The van der Waals surface area contributed by atoms with Crippen molar-refractivity contribution in [3.63, 3.8) is 0 Å². The van der Waals surface area contributed by atoms with Crippen molar-refractivity contribution >= 4 is 21.4 Å². The number of sulfonamides is 1. The quantitative estimate of drug-likeness (QED) is 0.716. The minimum absolute atomic E-state index is 0.0158. The van der Waals surface area contributed by atoms with Crippen molar-refractivity contribution in [3.8, 4) is 0 Å². The van der Waals surface area contributed by atoms with Crippen LogP contribution in [0.15, 0.2) is 34.4 Å². The van der Waals surface area contributed by atoms with Gasteiger partial charge in [0.2, 0.25) is 0 Å². The highest BCUT2D eigenvalue weighted by Gasteiger charge is 2.28. The predicted octanol–water partition coefficient (Wildman–Crippen LogP) is 3.11. The van der Waals surface area contributed by atoms with Crippen LogP contribution in [-0.4, -0.2) is 25.3 Å². The van der Waals surface area contributed by atoms with E-state index in [2.05, 4.69) is 6.58 Å².